The van der Waals surface area contributed by atoms with Crippen LogP contribution in [0.15, 0.2) is 10.5 Å². The van der Waals surface area contributed by atoms with Crippen LogP contribution in [0.25, 0.3) is 0 Å². The number of methoxy groups -OCH3 is 1. The fraction of sp³-hybridized carbons (Fsp3) is 0.714. The van der Waals surface area contributed by atoms with Gasteiger partial charge < -0.3 is 14.5 Å². The highest BCUT2D eigenvalue weighted by Gasteiger charge is 2.23. The number of nitrogens with one attached hydrogen (secondary N) is 1. The third-order valence-corrected chi connectivity index (χ3v) is 3.58. The van der Waals surface area contributed by atoms with Crippen molar-refractivity contribution in [3.63, 3.8) is 0 Å². The Bertz CT molecular complexity index is 376. The fourth-order valence-electron chi connectivity index (χ4n) is 2.45. The lowest BCUT2D eigenvalue weighted by atomic mass is 10.2. The lowest BCUT2D eigenvalue weighted by molar-refractivity contribution is 0.106. The van der Waals surface area contributed by atoms with Crippen molar-refractivity contribution in [3.8, 4) is 0 Å². The van der Waals surface area contributed by atoms with Gasteiger partial charge >= 0.3 is 0 Å². The van der Waals surface area contributed by atoms with E-state index in [1.54, 1.807) is 7.11 Å². The molecule has 0 saturated carbocycles. The Morgan fingerprint density at radius 2 is 2.39 bits per heavy atom. The van der Waals surface area contributed by atoms with Crippen molar-refractivity contribution in [2.24, 2.45) is 0 Å². The predicted molar refractivity (Wildman–Crippen MR) is 71.5 cm³/mol. The molecule has 0 radical (unpaired) electrons. The van der Waals surface area contributed by atoms with Crippen molar-refractivity contribution in [2.75, 3.05) is 26.7 Å². The average Bonchev–Trinajstić information content (AvgIpc) is 2.94. The third-order valence-electron chi connectivity index (χ3n) is 3.58. The zero-order chi connectivity index (χ0) is 13.0. The number of likely N-dealkylation sites (tertiary alicyclic amines) is 1. The fourth-order valence-corrected chi connectivity index (χ4v) is 2.45. The molecule has 1 N–H and O–H groups in total. The molecule has 102 valence electrons. The summed E-state index contributed by atoms with van der Waals surface area (Å²) >= 11 is 0. The minimum Gasteiger partial charge on any atom is -0.465 e. The summed E-state index contributed by atoms with van der Waals surface area (Å²) in [5.41, 5.74) is 1.27. The maximum Gasteiger partial charge on any atom is 0.118 e. The van der Waals surface area contributed by atoms with Gasteiger partial charge in [0, 0.05) is 32.3 Å². The van der Waals surface area contributed by atoms with Crippen LogP contribution in [0.5, 0.6) is 0 Å². The minimum atomic E-state index is 0.391. The van der Waals surface area contributed by atoms with Gasteiger partial charge in [-0.2, -0.15) is 0 Å². The van der Waals surface area contributed by atoms with Gasteiger partial charge in [0.15, 0.2) is 0 Å². The van der Waals surface area contributed by atoms with Gasteiger partial charge in [-0.25, -0.2) is 0 Å². The number of furan rings is 1. The third kappa shape index (κ3) is 3.34. The largest absolute Gasteiger partial charge is 0.465 e. The Kier molecular flexibility index (Phi) is 4.80. The summed E-state index contributed by atoms with van der Waals surface area (Å²) in [5.74, 6) is 2.10. The van der Waals surface area contributed by atoms with Crippen LogP contribution in [-0.4, -0.2) is 37.7 Å². The molecule has 1 unspecified atom stereocenters. The molecule has 1 aromatic rings. The summed E-state index contributed by atoms with van der Waals surface area (Å²) in [6.07, 6.45) is 1.52. The van der Waals surface area contributed by atoms with Gasteiger partial charge in [0.2, 0.25) is 0 Å². The number of aryl methyl sites for hydroxylation is 1. The molecule has 0 aliphatic carbocycles. The molecule has 1 atom stereocenters. The second kappa shape index (κ2) is 6.36. The van der Waals surface area contributed by atoms with Crippen LogP contribution in [0, 0.1) is 6.92 Å². The van der Waals surface area contributed by atoms with Crippen LogP contribution in [0.1, 0.15) is 30.4 Å². The van der Waals surface area contributed by atoms with E-state index >= 15 is 0 Å². The average molecular weight is 252 g/mol. The Morgan fingerprint density at radius 3 is 3.06 bits per heavy atom. The van der Waals surface area contributed by atoms with E-state index in [2.05, 4.69) is 23.2 Å². The van der Waals surface area contributed by atoms with Crippen molar-refractivity contribution < 1.29 is 9.15 Å². The molecule has 0 amide bonds. The zero-order valence-electron chi connectivity index (χ0n) is 11.7. The minimum absolute atomic E-state index is 0.391. The lowest BCUT2D eigenvalue weighted by Crippen LogP contribution is -2.22. The smallest absolute Gasteiger partial charge is 0.118 e. The molecule has 18 heavy (non-hydrogen) atoms. The number of ether oxygens (including phenoxy) is 1. The van der Waals surface area contributed by atoms with Gasteiger partial charge in [0.1, 0.15) is 11.5 Å². The lowest BCUT2D eigenvalue weighted by Gasteiger charge is -2.13. The molecule has 1 saturated heterocycles. The molecule has 2 heterocycles. The summed E-state index contributed by atoms with van der Waals surface area (Å²) in [4.78, 5) is 2.39. The van der Waals surface area contributed by atoms with Crippen LogP contribution in [0.4, 0.5) is 0 Å². The van der Waals surface area contributed by atoms with Gasteiger partial charge in [-0.15, -0.1) is 0 Å². The van der Waals surface area contributed by atoms with Crippen molar-refractivity contribution in [3.05, 3.63) is 23.2 Å². The van der Waals surface area contributed by atoms with Gasteiger partial charge in [-0.1, -0.05) is 6.92 Å². The summed E-state index contributed by atoms with van der Waals surface area (Å²) in [6, 6.07) is 2.18. The zero-order valence-corrected chi connectivity index (χ0v) is 11.7. The van der Waals surface area contributed by atoms with E-state index in [1.165, 1.54) is 5.56 Å². The number of hydrogen-bond donors (Lipinski definition) is 1. The highest BCUT2D eigenvalue weighted by molar-refractivity contribution is 5.20. The van der Waals surface area contributed by atoms with Crippen molar-refractivity contribution in [1.82, 2.24) is 10.2 Å². The second-order valence-electron chi connectivity index (χ2n) is 4.96. The quantitative estimate of drug-likeness (QED) is 0.839. The molecule has 0 spiro atoms. The van der Waals surface area contributed by atoms with Gasteiger partial charge in [-0.05, 0) is 26.0 Å². The first-order valence-corrected chi connectivity index (χ1v) is 6.77. The molecular weight excluding hydrogens is 228 g/mol. The molecule has 4 nitrogen and oxygen atoms in total. The maximum absolute atomic E-state index is 5.82. The molecule has 1 aromatic heterocycles. The maximum atomic E-state index is 5.82. The van der Waals surface area contributed by atoms with E-state index in [9.17, 15) is 0 Å². The molecular formula is C14H24N2O2. The Labute approximate surface area is 109 Å². The highest BCUT2D eigenvalue weighted by Crippen LogP contribution is 2.19. The number of nitrogens with zero attached hydrogens (tertiary/aromatic N) is 1. The van der Waals surface area contributed by atoms with Crippen LogP contribution < -0.4 is 5.32 Å². The van der Waals surface area contributed by atoms with Gasteiger partial charge in [0.05, 0.1) is 12.6 Å². The van der Waals surface area contributed by atoms with Crippen LogP contribution in [0.3, 0.4) is 0 Å². The van der Waals surface area contributed by atoms with Crippen molar-refractivity contribution in [1.29, 1.82) is 0 Å². The standard InChI is InChI=1S/C14H24N2O2/c1-4-15-8-12-7-14(18-11(12)2)10-16-6-5-13(9-16)17-3/h7,13,15H,4-6,8-10H2,1-3H3. The van der Waals surface area contributed by atoms with Crippen LogP contribution >= 0.6 is 0 Å². The van der Waals surface area contributed by atoms with Crippen LogP contribution in [-0.2, 0) is 17.8 Å². The monoisotopic (exact) mass is 252 g/mol. The number of hydrogen-bond acceptors (Lipinski definition) is 4. The summed E-state index contributed by atoms with van der Waals surface area (Å²) < 4.78 is 11.2. The normalized spacial score (nSPS) is 20.7. The summed E-state index contributed by atoms with van der Waals surface area (Å²) in [5, 5.41) is 3.33. The molecule has 1 aliphatic heterocycles. The van der Waals surface area contributed by atoms with E-state index in [1.807, 2.05) is 6.92 Å². The molecule has 4 heteroatoms. The first-order chi connectivity index (χ1) is 8.72. The van der Waals surface area contributed by atoms with E-state index in [-0.39, 0.29) is 0 Å². The first kappa shape index (κ1) is 13.6. The topological polar surface area (TPSA) is 37.6 Å². The Morgan fingerprint density at radius 1 is 1.56 bits per heavy atom. The van der Waals surface area contributed by atoms with Crippen molar-refractivity contribution in [2.45, 2.75) is 39.5 Å². The van der Waals surface area contributed by atoms with E-state index in [0.29, 0.717) is 6.10 Å². The van der Waals surface area contributed by atoms with Gasteiger partial charge in [-0.3, -0.25) is 4.90 Å². The van der Waals surface area contributed by atoms with Crippen molar-refractivity contribution >= 4 is 0 Å². The first-order valence-electron chi connectivity index (χ1n) is 6.77. The molecule has 1 fully saturated rings. The van der Waals surface area contributed by atoms with Gasteiger partial charge in [0.25, 0.3) is 0 Å². The molecule has 0 bridgehead atoms. The summed E-state index contributed by atoms with van der Waals surface area (Å²) in [6.45, 7) is 9.05. The number of rotatable bonds is 6. The molecule has 1 aliphatic rings. The second-order valence-corrected chi connectivity index (χ2v) is 4.96. The van der Waals surface area contributed by atoms with E-state index in [4.69, 9.17) is 9.15 Å². The Hall–Kier alpha value is -0.840. The van der Waals surface area contributed by atoms with E-state index in [0.717, 1.165) is 50.7 Å². The molecule has 2 rings (SSSR count). The van der Waals surface area contributed by atoms with Crippen LogP contribution in [0.2, 0.25) is 0 Å². The Balaban J connectivity index is 1.90. The highest BCUT2D eigenvalue weighted by atomic mass is 16.5. The predicted octanol–water partition coefficient (Wildman–Crippen LogP) is 1.92. The summed E-state index contributed by atoms with van der Waals surface area (Å²) in [7, 11) is 1.79. The van der Waals surface area contributed by atoms with E-state index < -0.39 is 0 Å². The SMILES string of the molecule is CCNCc1cc(CN2CCC(OC)C2)oc1C. The molecule has 0 aromatic carbocycles.